The van der Waals surface area contributed by atoms with Crippen molar-refractivity contribution in [3.63, 3.8) is 0 Å². The van der Waals surface area contributed by atoms with Gasteiger partial charge in [-0.3, -0.25) is 4.79 Å². The highest BCUT2D eigenvalue weighted by molar-refractivity contribution is 5.83. The molecule has 0 saturated heterocycles. The number of nitrogens with zero attached hydrogens (tertiary/aromatic N) is 2. The molecule has 152 valence electrons. The second-order valence-electron chi connectivity index (χ2n) is 8.49. The van der Waals surface area contributed by atoms with Gasteiger partial charge in [0, 0.05) is 28.9 Å². The molecule has 2 aliphatic rings. The van der Waals surface area contributed by atoms with Crippen LogP contribution in [0.3, 0.4) is 0 Å². The topological polar surface area (TPSA) is 52.1 Å². The molecule has 0 spiro atoms. The Morgan fingerprint density at radius 3 is 2.37 bits per heavy atom. The van der Waals surface area contributed by atoms with E-state index in [9.17, 15) is 4.79 Å². The Morgan fingerprint density at radius 1 is 0.967 bits per heavy atom. The summed E-state index contributed by atoms with van der Waals surface area (Å²) < 4.78 is 5.77. The van der Waals surface area contributed by atoms with Crippen LogP contribution in [-0.2, 0) is 16.6 Å². The van der Waals surface area contributed by atoms with Crippen LogP contribution in [0.25, 0.3) is 11.4 Å². The lowest BCUT2D eigenvalue weighted by molar-refractivity contribution is -0.128. The number of ketones is 1. The Bertz CT molecular complexity index is 1080. The molecule has 30 heavy (non-hydrogen) atoms. The molecule has 1 aromatic heterocycles. The standard InChI is InChI=1S/C26H26N2O2/c1-17-21-14-13-20-23(26(21,16-15-22(17)29)19-11-7-4-8-12-19)27-24(28-25(20)30-2)18-9-5-3-6-10-18/h3-12,17,21H,13-16H2,1-2H3. The number of aromatic nitrogens is 2. The highest BCUT2D eigenvalue weighted by Crippen LogP contribution is 2.55. The maximum Gasteiger partial charge on any atom is 0.220 e. The van der Waals surface area contributed by atoms with Crippen LogP contribution < -0.4 is 4.74 Å². The average molecular weight is 399 g/mol. The van der Waals surface area contributed by atoms with E-state index < -0.39 is 0 Å². The summed E-state index contributed by atoms with van der Waals surface area (Å²) in [5.74, 6) is 1.98. The van der Waals surface area contributed by atoms with Crippen molar-refractivity contribution in [1.82, 2.24) is 9.97 Å². The van der Waals surface area contributed by atoms with Gasteiger partial charge >= 0.3 is 0 Å². The third-order valence-electron chi connectivity index (χ3n) is 7.12. The van der Waals surface area contributed by atoms with Gasteiger partial charge in [0.1, 0.15) is 5.78 Å². The minimum absolute atomic E-state index is 0.0215. The Kier molecular flexibility index (Phi) is 4.65. The zero-order valence-electron chi connectivity index (χ0n) is 17.5. The van der Waals surface area contributed by atoms with Gasteiger partial charge in [-0.25, -0.2) is 4.98 Å². The fourth-order valence-electron chi connectivity index (χ4n) is 5.65. The number of carbonyl (C=O) groups excluding carboxylic acids is 1. The van der Waals surface area contributed by atoms with Crippen molar-refractivity contribution in [2.75, 3.05) is 7.11 Å². The molecular formula is C26H26N2O2. The molecule has 3 atom stereocenters. The Morgan fingerprint density at radius 2 is 1.67 bits per heavy atom. The van der Waals surface area contributed by atoms with E-state index in [2.05, 4.69) is 31.2 Å². The number of carbonyl (C=O) groups is 1. The summed E-state index contributed by atoms with van der Waals surface area (Å²) in [6.45, 7) is 2.10. The summed E-state index contributed by atoms with van der Waals surface area (Å²) in [4.78, 5) is 22.6. The lowest BCUT2D eigenvalue weighted by Crippen LogP contribution is -2.50. The van der Waals surface area contributed by atoms with Crippen LogP contribution in [0.15, 0.2) is 60.7 Å². The molecule has 2 aliphatic carbocycles. The Hall–Kier alpha value is -3.01. The molecule has 1 saturated carbocycles. The monoisotopic (exact) mass is 398 g/mol. The Labute approximate surface area is 177 Å². The molecule has 5 rings (SSSR count). The SMILES string of the molecule is COc1nc(-c2ccccc2)nc2c1CCC1C(C)C(=O)CCC21c1ccccc1. The second kappa shape index (κ2) is 7.35. The molecule has 0 N–H and O–H groups in total. The predicted octanol–water partition coefficient (Wildman–Crippen LogP) is 5.00. The van der Waals surface area contributed by atoms with E-state index in [1.54, 1.807) is 7.11 Å². The number of Topliss-reactive ketones (excluding diaryl/α,β-unsaturated/α-hetero) is 1. The number of methoxy groups -OCH3 is 1. The summed E-state index contributed by atoms with van der Waals surface area (Å²) in [5.41, 5.74) is 4.08. The molecule has 0 bridgehead atoms. The number of hydrogen-bond donors (Lipinski definition) is 0. The zero-order valence-corrected chi connectivity index (χ0v) is 17.5. The van der Waals surface area contributed by atoms with Gasteiger partial charge < -0.3 is 4.74 Å². The van der Waals surface area contributed by atoms with Crippen molar-refractivity contribution < 1.29 is 9.53 Å². The third-order valence-corrected chi connectivity index (χ3v) is 7.12. The lowest BCUT2D eigenvalue weighted by Gasteiger charge is -2.50. The summed E-state index contributed by atoms with van der Waals surface area (Å²) in [5, 5.41) is 0. The maximum absolute atomic E-state index is 12.7. The van der Waals surface area contributed by atoms with E-state index in [0.29, 0.717) is 23.9 Å². The van der Waals surface area contributed by atoms with Crippen molar-refractivity contribution in [3.8, 4) is 17.3 Å². The quantitative estimate of drug-likeness (QED) is 0.623. The van der Waals surface area contributed by atoms with Gasteiger partial charge in [-0.2, -0.15) is 4.98 Å². The van der Waals surface area contributed by atoms with Gasteiger partial charge in [-0.05, 0) is 30.7 Å². The van der Waals surface area contributed by atoms with Crippen molar-refractivity contribution in [2.24, 2.45) is 11.8 Å². The van der Waals surface area contributed by atoms with Crippen LogP contribution in [0.4, 0.5) is 0 Å². The second-order valence-corrected chi connectivity index (χ2v) is 8.49. The molecule has 2 aromatic carbocycles. The van der Waals surface area contributed by atoms with Gasteiger partial charge in [0.15, 0.2) is 5.82 Å². The summed E-state index contributed by atoms with van der Waals surface area (Å²) >= 11 is 0. The van der Waals surface area contributed by atoms with E-state index in [-0.39, 0.29) is 17.3 Å². The average Bonchev–Trinajstić information content (AvgIpc) is 2.81. The number of ether oxygens (including phenoxy) is 1. The molecule has 0 amide bonds. The molecule has 3 aromatic rings. The predicted molar refractivity (Wildman–Crippen MR) is 116 cm³/mol. The van der Waals surface area contributed by atoms with Crippen LogP contribution in [-0.4, -0.2) is 22.9 Å². The van der Waals surface area contributed by atoms with Gasteiger partial charge in [0.2, 0.25) is 5.88 Å². The number of fused-ring (bicyclic) bond motifs is 3. The molecular weight excluding hydrogens is 372 g/mol. The normalized spacial score (nSPS) is 25.3. The first-order valence-electron chi connectivity index (χ1n) is 10.7. The lowest BCUT2D eigenvalue weighted by atomic mass is 9.53. The minimum Gasteiger partial charge on any atom is -0.481 e. The molecule has 3 unspecified atom stereocenters. The molecule has 0 radical (unpaired) electrons. The van der Waals surface area contributed by atoms with Gasteiger partial charge in [-0.15, -0.1) is 0 Å². The van der Waals surface area contributed by atoms with Gasteiger partial charge in [0.05, 0.1) is 12.8 Å². The number of benzene rings is 2. The van der Waals surface area contributed by atoms with Crippen molar-refractivity contribution in [3.05, 3.63) is 77.5 Å². The van der Waals surface area contributed by atoms with E-state index in [1.807, 2.05) is 36.4 Å². The molecule has 1 heterocycles. The molecule has 4 heteroatoms. The summed E-state index contributed by atoms with van der Waals surface area (Å²) in [7, 11) is 1.69. The first-order chi connectivity index (χ1) is 14.6. The molecule has 1 fully saturated rings. The first kappa shape index (κ1) is 19.0. The summed E-state index contributed by atoms with van der Waals surface area (Å²) in [6.07, 6.45) is 3.15. The van der Waals surface area contributed by atoms with E-state index in [0.717, 1.165) is 36.1 Å². The largest absolute Gasteiger partial charge is 0.481 e. The first-order valence-corrected chi connectivity index (χ1v) is 10.7. The number of rotatable bonds is 3. The van der Waals surface area contributed by atoms with Gasteiger partial charge in [-0.1, -0.05) is 67.6 Å². The fourth-order valence-corrected chi connectivity index (χ4v) is 5.65. The number of hydrogen-bond acceptors (Lipinski definition) is 4. The van der Waals surface area contributed by atoms with Crippen LogP contribution in [0, 0.1) is 11.8 Å². The van der Waals surface area contributed by atoms with Crippen LogP contribution in [0.1, 0.15) is 43.0 Å². The van der Waals surface area contributed by atoms with Gasteiger partial charge in [0.25, 0.3) is 0 Å². The smallest absolute Gasteiger partial charge is 0.220 e. The summed E-state index contributed by atoms with van der Waals surface area (Å²) in [6, 6.07) is 20.7. The van der Waals surface area contributed by atoms with Crippen molar-refractivity contribution in [2.45, 2.75) is 38.0 Å². The van der Waals surface area contributed by atoms with Crippen LogP contribution >= 0.6 is 0 Å². The highest BCUT2D eigenvalue weighted by Gasteiger charge is 2.53. The van der Waals surface area contributed by atoms with Crippen LogP contribution in [0.5, 0.6) is 5.88 Å². The highest BCUT2D eigenvalue weighted by atomic mass is 16.5. The van der Waals surface area contributed by atoms with E-state index in [1.165, 1.54) is 5.56 Å². The maximum atomic E-state index is 12.7. The zero-order chi connectivity index (χ0) is 20.7. The Balaban J connectivity index is 1.80. The van der Waals surface area contributed by atoms with Crippen LogP contribution in [0.2, 0.25) is 0 Å². The van der Waals surface area contributed by atoms with Crippen molar-refractivity contribution >= 4 is 5.78 Å². The van der Waals surface area contributed by atoms with Crippen molar-refractivity contribution in [1.29, 1.82) is 0 Å². The van der Waals surface area contributed by atoms with E-state index >= 15 is 0 Å². The minimum atomic E-state index is -0.290. The van der Waals surface area contributed by atoms with E-state index in [4.69, 9.17) is 14.7 Å². The molecule has 0 aliphatic heterocycles. The fraction of sp³-hybridized carbons (Fsp3) is 0.346. The molecule has 4 nitrogen and oxygen atoms in total. The third kappa shape index (κ3) is 2.78.